The van der Waals surface area contributed by atoms with Crippen LogP contribution in [-0.4, -0.2) is 17.9 Å². The van der Waals surface area contributed by atoms with Crippen molar-refractivity contribution in [3.63, 3.8) is 0 Å². The summed E-state index contributed by atoms with van der Waals surface area (Å²) in [6.07, 6.45) is 0.609. The van der Waals surface area contributed by atoms with Gasteiger partial charge in [0, 0.05) is 11.3 Å². The van der Waals surface area contributed by atoms with Crippen LogP contribution in [0.25, 0.3) is 0 Å². The summed E-state index contributed by atoms with van der Waals surface area (Å²) >= 11 is 5.14. The quantitative estimate of drug-likeness (QED) is 0.310. The van der Waals surface area contributed by atoms with E-state index in [0.717, 1.165) is 10.4 Å². The third-order valence-corrected chi connectivity index (χ3v) is 2.05. The molecule has 0 saturated heterocycles. The lowest BCUT2D eigenvalue weighted by atomic mass is 10.1. The van der Waals surface area contributed by atoms with Crippen LogP contribution in [0.4, 0.5) is 0 Å². The molecule has 1 aromatic rings. The Bertz CT molecular complexity index is 282. The average molecular weight is 194 g/mol. The topological polar surface area (TPSA) is 26.3 Å². The molecule has 3 heteroatoms. The van der Waals surface area contributed by atoms with Gasteiger partial charge in [0.05, 0.1) is 6.61 Å². The van der Waals surface area contributed by atoms with Gasteiger partial charge in [0.1, 0.15) is 0 Å². The van der Waals surface area contributed by atoms with Gasteiger partial charge in [-0.1, -0.05) is 42.5 Å². The van der Waals surface area contributed by atoms with Gasteiger partial charge in [-0.05, 0) is 5.56 Å². The predicted octanol–water partition coefficient (Wildman–Crippen LogP) is 1.97. The molecule has 0 radical (unpaired) electrons. The Morgan fingerprint density at radius 2 is 2.08 bits per heavy atom. The molecule has 0 aliphatic carbocycles. The maximum absolute atomic E-state index is 9.86. The lowest BCUT2D eigenvalue weighted by Crippen LogP contribution is -2.02. The molecule has 1 aromatic carbocycles. The van der Waals surface area contributed by atoms with Gasteiger partial charge in [0.2, 0.25) is 0 Å². The van der Waals surface area contributed by atoms with Gasteiger partial charge in [-0.25, -0.2) is 0 Å². The summed E-state index contributed by atoms with van der Waals surface area (Å²) in [4.78, 5) is 10.7. The van der Waals surface area contributed by atoms with Crippen LogP contribution in [0.15, 0.2) is 30.3 Å². The summed E-state index contributed by atoms with van der Waals surface area (Å²) in [7, 11) is 0. The van der Waals surface area contributed by atoms with Gasteiger partial charge >= 0.3 is 0 Å². The molecule has 1 rings (SSSR count). The van der Waals surface area contributed by atoms with Crippen LogP contribution in [0.3, 0.4) is 0 Å². The van der Waals surface area contributed by atoms with Crippen molar-refractivity contribution in [1.82, 2.24) is 0 Å². The summed E-state index contributed by atoms with van der Waals surface area (Å²) in [5.74, 6) is 0. The number of thiocarbonyl (C=S) groups is 1. The fourth-order valence-corrected chi connectivity index (χ4v) is 1.19. The van der Waals surface area contributed by atoms with Gasteiger partial charge in [0.15, 0.2) is 0 Å². The first-order valence-corrected chi connectivity index (χ1v) is 4.39. The Kier molecular flexibility index (Phi) is 4.12. The summed E-state index contributed by atoms with van der Waals surface area (Å²) < 4.78 is 4.56. The smallest absolute Gasteiger partial charge is 0.293 e. The number of benzene rings is 1. The molecule has 0 saturated carbocycles. The van der Waals surface area contributed by atoms with E-state index in [2.05, 4.69) is 4.74 Å². The normalized spacial score (nSPS) is 9.23. The molecule has 2 nitrogen and oxygen atoms in total. The second kappa shape index (κ2) is 5.43. The molecule has 0 aliphatic rings. The van der Waals surface area contributed by atoms with Gasteiger partial charge in [-0.3, -0.25) is 4.79 Å². The Labute approximate surface area is 82.5 Å². The zero-order chi connectivity index (χ0) is 9.52. The number of hydrogen-bond donors (Lipinski definition) is 0. The second-order valence-electron chi connectivity index (χ2n) is 2.51. The van der Waals surface area contributed by atoms with Crippen molar-refractivity contribution in [3.8, 4) is 0 Å². The molecule has 0 atom stereocenters. The summed E-state index contributed by atoms with van der Waals surface area (Å²) in [6.45, 7) is 0.796. The lowest BCUT2D eigenvalue weighted by molar-refractivity contribution is -0.128. The standard InChI is InChI=1S/C10H10O2S/c11-8-12-7-6-10(13)9-4-2-1-3-5-9/h1-5,8H,6-7H2. The monoisotopic (exact) mass is 194 g/mol. The predicted molar refractivity (Wildman–Crippen MR) is 54.8 cm³/mol. The minimum absolute atomic E-state index is 0.358. The minimum atomic E-state index is 0.358. The molecule has 13 heavy (non-hydrogen) atoms. The van der Waals surface area contributed by atoms with E-state index in [-0.39, 0.29) is 0 Å². The Morgan fingerprint density at radius 1 is 1.38 bits per heavy atom. The largest absolute Gasteiger partial charge is 0.468 e. The Hall–Kier alpha value is -1.22. The zero-order valence-corrected chi connectivity index (χ0v) is 7.92. The van der Waals surface area contributed by atoms with Crippen molar-refractivity contribution in [3.05, 3.63) is 35.9 Å². The van der Waals surface area contributed by atoms with Crippen molar-refractivity contribution < 1.29 is 9.53 Å². The molecule has 0 amide bonds. The van der Waals surface area contributed by atoms with E-state index < -0.39 is 0 Å². The van der Waals surface area contributed by atoms with E-state index in [1.807, 2.05) is 30.3 Å². The first-order chi connectivity index (χ1) is 6.34. The summed E-state index contributed by atoms with van der Waals surface area (Å²) in [5, 5.41) is 0. The van der Waals surface area contributed by atoms with E-state index >= 15 is 0 Å². The van der Waals surface area contributed by atoms with Gasteiger partial charge in [0.25, 0.3) is 6.47 Å². The van der Waals surface area contributed by atoms with E-state index in [4.69, 9.17) is 12.2 Å². The highest BCUT2D eigenvalue weighted by Gasteiger charge is 1.99. The molecule has 0 fully saturated rings. The van der Waals surface area contributed by atoms with Gasteiger partial charge < -0.3 is 4.74 Å². The average Bonchev–Trinajstić information content (AvgIpc) is 2.19. The summed E-state index contributed by atoms with van der Waals surface area (Å²) in [5.41, 5.74) is 1.02. The third-order valence-electron chi connectivity index (χ3n) is 1.61. The number of hydrogen-bond acceptors (Lipinski definition) is 3. The molecule has 0 aliphatic heterocycles. The van der Waals surface area contributed by atoms with Crippen LogP contribution in [0, 0.1) is 0 Å². The summed E-state index contributed by atoms with van der Waals surface area (Å²) in [6, 6.07) is 9.70. The number of carbonyl (C=O) groups excluding carboxylic acids is 1. The van der Waals surface area contributed by atoms with Gasteiger partial charge in [-0.15, -0.1) is 0 Å². The third kappa shape index (κ3) is 3.34. The van der Waals surface area contributed by atoms with Crippen LogP contribution < -0.4 is 0 Å². The lowest BCUT2D eigenvalue weighted by Gasteiger charge is -2.01. The second-order valence-corrected chi connectivity index (χ2v) is 3.00. The minimum Gasteiger partial charge on any atom is -0.468 e. The molecule has 0 unspecified atom stereocenters. The number of carbonyl (C=O) groups is 1. The molecular formula is C10H10O2S. The highest BCUT2D eigenvalue weighted by Crippen LogP contribution is 2.04. The molecule has 0 N–H and O–H groups in total. The van der Waals surface area contributed by atoms with Crippen LogP contribution in [0.2, 0.25) is 0 Å². The van der Waals surface area contributed by atoms with Crippen molar-refractivity contribution >= 4 is 23.6 Å². The maximum atomic E-state index is 9.86. The fourth-order valence-electron chi connectivity index (χ4n) is 0.968. The van der Waals surface area contributed by atoms with E-state index in [0.29, 0.717) is 19.5 Å². The van der Waals surface area contributed by atoms with Crippen LogP contribution in [0.5, 0.6) is 0 Å². The SMILES string of the molecule is O=COCCC(=S)c1ccccc1. The highest BCUT2D eigenvalue weighted by atomic mass is 32.1. The van der Waals surface area contributed by atoms with Crippen LogP contribution in [0.1, 0.15) is 12.0 Å². The highest BCUT2D eigenvalue weighted by molar-refractivity contribution is 7.80. The Morgan fingerprint density at radius 3 is 2.69 bits per heavy atom. The maximum Gasteiger partial charge on any atom is 0.293 e. The molecular weight excluding hydrogens is 184 g/mol. The van der Waals surface area contributed by atoms with E-state index in [1.165, 1.54) is 0 Å². The van der Waals surface area contributed by atoms with Crippen molar-refractivity contribution in [2.24, 2.45) is 0 Å². The van der Waals surface area contributed by atoms with Gasteiger partial charge in [-0.2, -0.15) is 0 Å². The van der Waals surface area contributed by atoms with E-state index in [1.54, 1.807) is 0 Å². The first-order valence-electron chi connectivity index (χ1n) is 3.98. The fraction of sp³-hybridized carbons (Fsp3) is 0.200. The zero-order valence-electron chi connectivity index (χ0n) is 7.10. The molecule has 0 bridgehead atoms. The van der Waals surface area contributed by atoms with Crippen molar-refractivity contribution in [1.29, 1.82) is 0 Å². The van der Waals surface area contributed by atoms with Crippen LogP contribution in [-0.2, 0) is 9.53 Å². The number of ether oxygens (including phenoxy) is 1. The molecule has 68 valence electrons. The van der Waals surface area contributed by atoms with Crippen LogP contribution >= 0.6 is 12.2 Å². The van der Waals surface area contributed by atoms with Crippen molar-refractivity contribution in [2.75, 3.05) is 6.61 Å². The van der Waals surface area contributed by atoms with Crippen molar-refractivity contribution in [2.45, 2.75) is 6.42 Å². The molecule has 0 spiro atoms. The molecule has 0 aromatic heterocycles. The number of rotatable bonds is 5. The van der Waals surface area contributed by atoms with E-state index in [9.17, 15) is 4.79 Å². The molecule has 0 heterocycles. The first kappa shape index (κ1) is 9.86. The Balaban J connectivity index is 2.45.